The summed E-state index contributed by atoms with van der Waals surface area (Å²) in [4.78, 5) is 12.0. The zero-order valence-electron chi connectivity index (χ0n) is 10.0. The summed E-state index contributed by atoms with van der Waals surface area (Å²) >= 11 is 1.61. The van der Waals surface area contributed by atoms with Crippen molar-refractivity contribution < 1.29 is 9.53 Å². The average molecular weight is 238 g/mol. The molecule has 0 aliphatic rings. The number of rotatable bonds is 5. The van der Waals surface area contributed by atoms with Gasteiger partial charge in [-0.25, -0.2) is 0 Å². The maximum Gasteiger partial charge on any atom is 0.326 e. The standard InChI is InChI=1S/C13H18O2S/c1-4-15-12(14)13(3,16-5-2)11-9-7-6-8-10-11/h6-10H,4-5H2,1-3H3/t13-/m0/s1. The Labute approximate surface area is 101 Å². The maximum atomic E-state index is 12.0. The van der Waals surface area contributed by atoms with E-state index in [1.54, 1.807) is 11.8 Å². The van der Waals surface area contributed by atoms with Crippen LogP contribution in [0.5, 0.6) is 0 Å². The highest BCUT2D eigenvalue weighted by Crippen LogP contribution is 2.37. The summed E-state index contributed by atoms with van der Waals surface area (Å²) in [5.41, 5.74) is 1.00. The van der Waals surface area contributed by atoms with Gasteiger partial charge >= 0.3 is 5.97 Å². The van der Waals surface area contributed by atoms with Crippen molar-refractivity contribution in [2.45, 2.75) is 25.5 Å². The SMILES string of the molecule is CCOC(=O)[C@@](C)(SCC)c1ccccc1. The first kappa shape index (κ1) is 13.1. The zero-order valence-corrected chi connectivity index (χ0v) is 10.8. The average Bonchev–Trinajstić information content (AvgIpc) is 2.30. The molecule has 0 spiro atoms. The Morgan fingerprint density at radius 1 is 1.31 bits per heavy atom. The molecule has 1 aromatic carbocycles. The summed E-state index contributed by atoms with van der Waals surface area (Å²) in [7, 11) is 0. The van der Waals surface area contributed by atoms with E-state index in [0.29, 0.717) is 6.61 Å². The van der Waals surface area contributed by atoms with Crippen molar-refractivity contribution in [1.29, 1.82) is 0 Å². The lowest BCUT2D eigenvalue weighted by atomic mass is 10.0. The van der Waals surface area contributed by atoms with Crippen LogP contribution in [0, 0.1) is 0 Å². The predicted molar refractivity (Wildman–Crippen MR) is 68.6 cm³/mol. The van der Waals surface area contributed by atoms with E-state index in [-0.39, 0.29) is 5.97 Å². The van der Waals surface area contributed by atoms with Crippen LogP contribution in [0.2, 0.25) is 0 Å². The van der Waals surface area contributed by atoms with Crippen LogP contribution in [0.1, 0.15) is 26.3 Å². The van der Waals surface area contributed by atoms with Crippen LogP contribution in [0.15, 0.2) is 30.3 Å². The Hall–Kier alpha value is -0.960. The molecule has 3 heteroatoms. The molecule has 0 unspecified atom stereocenters. The first-order valence-corrected chi connectivity index (χ1v) is 6.50. The highest BCUT2D eigenvalue weighted by molar-refractivity contribution is 8.00. The quantitative estimate of drug-likeness (QED) is 0.737. The first-order chi connectivity index (χ1) is 7.65. The van der Waals surface area contributed by atoms with Crippen LogP contribution in [0.25, 0.3) is 0 Å². The molecule has 16 heavy (non-hydrogen) atoms. The molecule has 0 saturated carbocycles. The van der Waals surface area contributed by atoms with Gasteiger partial charge in [-0.05, 0) is 25.2 Å². The molecule has 1 rings (SSSR count). The third kappa shape index (κ3) is 2.79. The van der Waals surface area contributed by atoms with Crippen LogP contribution in [-0.2, 0) is 14.3 Å². The van der Waals surface area contributed by atoms with E-state index >= 15 is 0 Å². The van der Waals surface area contributed by atoms with Gasteiger partial charge < -0.3 is 4.74 Å². The Kier molecular flexibility index (Phi) is 4.87. The Balaban J connectivity index is 3.01. The van der Waals surface area contributed by atoms with Crippen molar-refractivity contribution in [1.82, 2.24) is 0 Å². The van der Waals surface area contributed by atoms with E-state index in [1.807, 2.05) is 51.1 Å². The van der Waals surface area contributed by atoms with Crippen LogP contribution in [-0.4, -0.2) is 18.3 Å². The Morgan fingerprint density at radius 3 is 2.44 bits per heavy atom. The van der Waals surface area contributed by atoms with E-state index in [9.17, 15) is 4.79 Å². The lowest BCUT2D eigenvalue weighted by molar-refractivity contribution is -0.145. The summed E-state index contributed by atoms with van der Waals surface area (Å²) in [6, 6.07) is 9.79. The van der Waals surface area contributed by atoms with Crippen LogP contribution < -0.4 is 0 Å². The number of thioether (sulfide) groups is 1. The van der Waals surface area contributed by atoms with Gasteiger partial charge in [0.15, 0.2) is 0 Å². The summed E-state index contributed by atoms with van der Waals surface area (Å²) in [5.74, 6) is 0.720. The van der Waals surface area contributed by atoms with Crippen LogP contribution in [0.3, 0.4) is 0 Å². The van der Waals surface area contributed by atoms with Crippen molar-refractivity contribution in [2.24, 2.45) is 0 Å². The number of benzene rings is 1. The fraction of sp³-hybridized carbons (Fsp3) is 0.462. The molecule has 1 aromatic rings. The Bertz CT molecular complexity index is 337. The first-order valence-electron chi connectivity index (χ1n) is 5.51. The van der Waals surface area contributed by atoms with Crippen molar-refractivity contribution in [3.63, 3.8) is 0 Å². The topological polar surface area (TPSA) is 26.3 Å². The second-order valence-corrected chi connectivity index (χ2v) is 5.24. The molecular formula is C13H18O2S. The number of hydrogen-bond acceptors (Lipinski definition) is 3. The number of hydrogen-bond donors (Lipinski definition) is 0. The normalized spacial score (nSPS) is 14.2. The summed E-state index contributed by atoms with van der Waals surface area (Å²) in [6.45, 7) is 6.23. The predicted octanol–water partition coefficient (Wildman–Crippen LogP) is 3.22. The lowest BCUT2D eigenvalue weighted by Crippen LogP contribution is -2.31. The van der Waals surface area contributed by atoms with Crippen LogP contribution in [0.4, 0.5) is 0 Å². The fourth-order valence-electron chi connectivity index (χ4n) is 1.57. The van der Waals surface area contributed by atoms with E-state index in [0.717, 1.165) is 11.3 Å². The molecule has 1 atom stereocenters. The van der Waals surface area contributed by atoms with Gasteiger partial charge in [0.2, 0.25) is 0 Å². The highest BCUT2D eigenvalue weighted by Gasteiger charge is 2.36. The number of carbonyl (C=O) groups excluding carboxylic acids is 1. The van der Waals surface area contributed by atoms with Crippen LogP contribution >= 0.6 is 11.8 Å². The molecule has 0 aromatic heterocycles. The van der Waals surface area contributed by atoms with Gasteiger partial charge in [0, 0.05) is 0 Å². The summed E-state index contributed by atoms with van der Waals surface area (Å²) in [6.07, 6.45) is 0. The molecule has 88 valence electrons. The molecule has 0 amide bonds. The second-order valence-electron chi connectivity index (χ2n) is 3.55. The van der Waals surface area contributed by atoms with Crippen molar-refractivity contribution in [3.05, 3.63) is 35.9 Å². The van der Waals surface area contributed by atoms with E-state index in [2.05, 4.69) is 0 Å². The van der Waals surface area contributed by atoms with E-state index in [4.69, 9.17) is 4.74 Å². The van der Waals surface area contributed by atoms with Gasteiger partial charge in [0.25, 0.3) is 0 Å². The zero-order chi connectivity index (χ0) is 12.0. The minimum atomic E-state index is -0.591. The molecule has 2 nitrogen and oxygen atoms in total. The highest BCUT2D eigenvalue weighted by atomic mass is 32.2. The number of esters is 1. The second kappa shape index (κ2) is 5.94. The van der Waals surface area contributed by atoms with Gasteiger partial charge in [-0.3, -0.25) is 4.79 Å². The molecule has 0 aliphatic carbocycles. The van der Waals surface area contributed by atoms with E-state index in [1.165, 1.54) is 0 Å². The fourth-order valence-corrected chi connectivity index (χ4v) is 2.63. The van der Waals surface area contributed by atoms with Gasteiger partial charge in [-0.15, -0.1) is 11.8 Å². The lowest BCUT2D eigenvalue weighted by Gasteiger charge is -2.26. The smallest absolute Gasteiger partial charge is 0.326 e. The van der Waals surface area contributed by atoms with Gasteiger partial charge in [0.05, 0.1) is 6.61 Å². The Morgan fingerprint density at radius 2 is 1.94 bits per heavy atom. The van der Waals surface area contributed by atoms with Crippen molar-refractivity contribution in [3.8, 4) is 0 Å². The molecular weight excluding hydrogens is 220 g/mol. The molecule has 0 heterocycles. The molecule has 0 radical (unpaired) electrons. The largest absolute Gasteiger partial charge is 0.465 e. The van der Waals surface area contributed by atoms with Crippen molar-refractivity contribution >= 4 is 17.7 Å². The monoisotopic (exact) mass is 238 g/mol. The van der Waals surface area contributed by atoms with Crippen molar-refractivity contribution in [2.75, 3.05) is 12.4 Å². The molecule has 0 N–H and O–H groups in total. The maximum absolute atomic E-state index is 12.0. The van der Waals surface area contributed by atoms with Gasteiger partial charge in [0.1, 0.15) is 4.75 Å². The number of carbonyl (C=O) groups is 1. The van der Waals surface area contributed by atoms with Gasteiger partial charge in [-0.2, -0.15) is 0 Å². The summed E-state index contributed by atoms with van der Waals surface area (Å²) in [5, 5.41) is 0. The number of ether oxygens (including phenoxy) is 1. The minimum Gasteiger partial charge on any atom is -0.465 e. The minimum absolute atomic E-state index is 0.159. The third-order valence-corrected chi connectivity index (χ3v) is 3.69. The summed E-state index contributed by atoms with van der Waals surface area (Å²) < 4.78 is 4.56. The molecule has 0 bridgehead atoms. The molecule has 0 saturated heterocycles. The molecule has 0 fully saturated rings. The van der Waals surface area contributed by atoms with E-state index < -0.39 is 4.75 Å². The third-order valence-electron chi connectivity index (χ3n) is 2.42. The molecule has 0 aliphatic heterocycles. The van der Waals surface area contributed by atoms with Gasteiger partial charge in [-0.1, -0.05) is 37.3 Å².